The van der Waals surface area contributed by atoms with Gasteiger partial charge in [0.1, 0.15) is 23.9 Å². The Labute approximate surface area is 199 Å². The smallest absolute Gasteiger partial charge is 0.252 e. The summed E-state index contributed by atoms with van der Waals surface area (Å²) in [4.78, 5) is 13.3. The third-order valence-corrected chi connectivity index (χ3v) is 5.54. The number of hydrogen-bond donors (Lipinski definition) is 1. The van der Waals surface area contributed by atoms with Gasteiger partial charge in [-0.05, 0) is 53.6 Å². The minimum atomic E-state index is -0.268. The summed E-state index contributed by atoms with van der Waals surface area (Å²) in [6.07, 6.45) is 0. The topological polar surface area (TPSA) is 56.8 Å². The molecule has 0 radical (unpaired) electrons. The molecule has 0 spiro atoms. The molecule has 0 aromatic heterocycles. The predicted molar refractivity (Wildman–Crippen MR) is 133 cm³/mol. The second-order valence-corrected chi connectivity index (χ2v) is 7.72. The van der Waals surface area contributed by atoms with Gasteiger partial charge in [-0.2, -0.15) is 0 Å². The lowest BCUT2D eigenvalue weighted by atomic mass is 9.98. The largest absolute Gasteiger partial charge is 0.497 e. The van der Waals surface area contributed by atoms with Gasteiger partial charge in [0.25, 0.3) is 5.91 Å². The van der Waals surface area contributed by atoms with Crippen LogP contribution in [0.2, 0.25) is 0 Å². The van der Waals surface area contributed by atoms with Gasteiger partial charge in [-0.25, -0.2) is 0 Å². The van der Waals surface area contributed by atoms with Gasteiger partial charge >= 0.3 is 0 Å². The summed E-state index contributed by atoms with van der Waals surface area (Å²) in [7, 11) is 3.23. The number of ether oxygens (including phenoxy) is 3. The lowest BCUT2D eigenvalue weighted by molar-refractivity contribution is 0.0942. The summed E-state index contributed by atoms with van der Waals surface area (Å²) in [6.45, 7) is 0.261. The molecule has 0 aliphatic carbocycles. The zero-order valence-corrected chi connectivity index (χ0v) is 19.2. The molecule has 0 bridgehead atoms. The molecule has 0 saturated heterocycles. The molecule has 172 valence electrons. The van der Waals surface area contributed by atoms with Gasteiger partial charge in [-0.3, -0.25) is 4.79 Å². The molecule has 0 unspecified atom stereocenters. The summed E-state index contributed by atoms with van der Waals surface area (Å²) in [5.41, 5.74) is 3.34. The van der Waals surface area contributed by atoms with Crippen molar-refractivity contribution in [3.63, 3.8) is 0 Å². The predicted octanol–water partition coefficient (Wildman–Crippen LogP) is 5.80. The van der Waals surface area contributed by atoms with E-state index in [1.165, 1.54) is 0 Å². The molecule has 5 nitrogen and oxygen atoms in total. The first-order valence-corrected chi connectivity index (χ1v) is 11.0. The Morgan fingerprint density at radius 2 is 1.32 bits per heavy atom. The number of rotatable bonds is 9. The zero-order chi connectivity index (χ0) is 23.8. The van der Waals surface area contributed by atoms with Gasteiger partial charge in [0.15, 0.2) is 0 Å². The average molecular weight is 454 g/mol. The van der Waals surface area contributed by atoms with Crippen molar-refractivity contribution in [2.75, 3.05) is 14.2 Å². The number of methoxy groups -OCH3 is 2. The van der Waals surface area contributed by atoms with Crippen molar-refractivity contribution in [1.82, 2.24) is 5.32 Å². The van der Waals surface area contributed by atoms with Crippen LogP contribution in [-0.2, 0) is 6.61 Å². The van der Waals surface area contributed by atoms with Gasteiger partial charge in [0.05, 0.1) is 20.3 Å². The molecular formula is C29H27NO4. The number of hydrogen-bond acceptors (Lipinski definition) is 4. The van der Waals surface area contributed by atoms with E-state index < -0.39 is 0 Å². The van der Waals surface area contributed by atoms with Crippen molar-refractivity contribution in [3.8, 4) is 17.2 Å². The highest BCUT2D eigenvalue weighted by Crippen LogP contribution is 2.26. The van der Waals surface area contributed by atoms with E-state index >= 15 is 0 Å². The van der Waals surface area contributed by atoms with Crippen molar-refractivity contribution in [1.29, 1.82) is 0 Å². The maximum atomic E-state index is 13.3. The lowest BCUT2D eigenvalue weighted by Crippen LogP contribution is -2.29. The molecule has 0 heterocycles. The van der Waals surface area contributed by atoms with E-state index in [0.29, 0.717) is 17.1 Å². The van der Waals surface area contributed by atoms with Crippen LogP contribution in [0.25, 0.3) is 0 Å². The van der Waals surface area contributed by atoms with Crippen LogP contribution in [0.15, 0.2) is 103 Å². The molecule has 4 rings (SSSR count). The molecule has 1 N–H and O–H groups in total. The van der Waals surface area contributed by atoms with Crippen LogP contribution in [0.3, 0.4) is 0 Å². The van der Waals surface area contributed by atoms with Gasteiger partial charge in [0, 0.05) is 11.1 Å². The van der Waals surface area contributed by atoms with Crippen molar-refractivity contribution in [3.05, 3.63) is 125 Å². The fourth-order valence-corrected chi connectivity index (χ4v) is 3.73. The first-order valence-electron chi connectivity index (χ1n) is 11.0. The maximum absolute atomic E-state index is 13.3. The average Bonchev–Trinajstić information content (AvgIpc) is 2.91. The van der Waals surface area contributed by atoms with Gasteiger partial charge in [-0.1, -0.05) is 60.7 Å². The summed E-state index contributed by atoms with van der Waals surface area (Å²) in [6, 6.07) is 32.3. The Balaban J connectivity index is 1.54. The van der Waals surface area contributed by atoms with E-state index in [1.54, 1.807) is 26.4 Å². The van der Waals surface area contributed by atoms with Crippen molar-refractivity contribution in [2.24, 2.45) is 0 Å². The van der Waals surface area contributed by atoms with Gasteiger partial charge in [0.2, 0.25) is 0 Å². The van der Waals surface area contributed by atoms with Crippen LogP contribution in [0.1, 0.15) is 33.1 Å². The highest BCUT2D eigenvalue weighted by Gasteiger charge is 2.19. The number of nitrogens with one attached hydrogen (secondary N) is 1. The molecule has 4 aromatic carbocycles. The molecule has 0 saturated carbocycles. The molecule has 1 amide bonds. The summed E-state index contributed by atoms with van der Waals surface area (Å²) in [5, 5.41) is 3.18. The van der Waals surface area contributed by atoms with Crippen LogP contribution >= 0.6 is 0 Å². The highest BCUT2D eigenvalue weighted by atomic mass is 16.5. The molecule has 0 aliphatic rings. The molecule has 4 aromatic rings. The second-order valence-electron chi connectivity index (χ2n) is 7.72. The Hall–Kier alpha value is -4.25. The van der Waals surface area contributed by atoms with Crippen LogP contribution in [0.5, 0.6) is 17.2 Å². The minimum Gasteiger partial charge on any atom is -0.497 e. The fourth-order valence-electron chi connectivity index (χ4n) is 3.73. The Morgan fingerprint density at radius 3 is 1.88 bits per heavy atom. The van der Waals surface area contributed by atoms with E-state index in [4.69, 9.17) is 14.2 Å². The molecule has 0 atom stereocenters. The molecular weight excluding hydrogens is 426 g/mol. The van der Waals surface area contributed by atoms with Crippen LogP contribution in [-0.4, -0.2) is 20.1 Å². The van der Waals surface area contributed by atoms with Crippen molar-refractivity contribution >= 4 is 5.91 Å². The molecule has 34 heavy (non-hydrogen) atoms. The van der Waals surface area contributed by atoms with Crippen LogP contribution < -0.4 is 19.5 Å². The summed E-state index contributed by atoms with van der Waals surface area (Å²) in [5.74, 6) is 1.94. The maximum Gasteiger partial charge on any atom is 0.252 e. The number of benzene rings is 4. The standard InChI is InChI=1S/C29H27NO4/c1-32-25-14-16-26(17-15-25)34-20-24-19-23(13-18-27(24)33-2)29(31)30-28(21-9-5-3-6-10-21)22-11-7-4-8-12-22/h3-19,28H,20H2,1-2H3,(H,30,31). The summed E-state index contributed by atoms with van der Waals surface area (Å²) >= 11 is 0. The highest BCUT2D eigenvalue weighted by molar-refractivity contribution is 5.95. The Morgan fingerprint density at radius 1 is 0.735 bits per heavy atom. The van der Waals surface area contributed by atoms with Crippen molar-refractivity contribution in [2.45, 2.75) is 12.6 Å². The van der Waals surface area contributed by atoms with Gasteiger partial charge in [-0.15, -0.1) is 0 Å². The Bertz CT molecular complexity index is 1170. The van der Waals surface area contributed by atoms with E-state index in [0.717, 1.165) is 22.4 Å². The van der Waals surface area contributed by atoms with E-state index in [9.17, 15) is 4.79 Å². The van der Waals surface area contributed by atoms with Crippen LogP contribution in [0.4, 0.5) is 0 Å². The number of carbonyl (C=O) groups is 1. The molecule has 0 fully saturated rings. The lowest BCUT2D eigenvalue weighted by Gasteiger charge is -2.20. The quantitative estimate of drug-likeness (QED) is 0.348. The van der Waals surface area contributed by atoms with Gasteiger partial charge < -0.3 is 19.5 Å². The van der Waals surface area contributed by atoms with Crippen molar-refractivity contribution < 1.29 is 19.0 Å². The SMILES string of the molecule is COc1ccc(OCc2cc(C(=O)NC(c3ccccc3)c3ccccc3)ccc2OC)cc1. The minimum absolute atomic E-state index is 0.175. The fraction of sp³-hybridized carbons (Fsp3) is 0.138. The molecule has 0 aliphatic heterocycles. The zero-order valence-electron chi connectivity index (χ0n) is 19.2. The first-order chi connectivity index (χ1) is 16.7. The number of amides is 1. The molecule has 5 heteroatoms. The normalized spacial score (nSPS) is 10.6. The van der Waals surface area contributed by atoms with E-state index in [-0.39, 0.29) is 18.6 Å². The second kappa shape index (κ2) is 11.1. The monoisotopic (exact) mass is 453 g/mol. The summed E-state index contributed by atoms with van der Waals surface area (Å²) < 4.78 is 16.6. The van der Waals surface area contributed by atoms with E-state index in [1.807, 2.05) is 91.0 Å². The third kappa shape index (κ3) is 5.56. The van der Waals surface area contributed by atoms with Crippen LogP contribution in [0, 0.1) is 0 Å². The first kappa shape index (κ1) is 22.9. The number of carbonyl (C=O) groups excluding carboxylic acids is 1. The third-order valence-electron chi connectivity index (χ3n) is 5.54. The van der Waals surface area contributed by atoms with E-state index in [2.05, 4.69) is 5.32 Å². The Kier molecular flexibility index (Phi) is 7.45.